The average Bonchev–Trinajstić information content (AvgIpc) is 3.26. The summed E-state index contributed by atoms with van der Waals surface area (Å²) in [6.45, 7) is 2.81. The standard InChI is InChI=1S/C23H24FN3O4/c1-2-12-27(22(28)16-30-19-6-4-3-5-7-19)15-20-13-21(26-31-20)23(29)25-14-17-8-10-18(24)11-9-17/h3-11,13H,2,12,14-16H2,1H3,(H,25,29). The third-order valence-electron chi connectivity index (χ3n) is 4.46. The van der Waals surface area contributed by atoms with Gasteiger partial charge >= 0.3 is 0 Å². The van der Waals surface area contributed by atoms with E-state index in [1.165, 1.54) is 18.2 Å². The molecule has 31 heavy (non-hydrogen) atoms. The summed E-state index contributed by atoms with van der Waals surface area (Å²) >= 11 is 0. The molecule has 3 rings (SSSR count). The van der Waals surface area contributed by atoms with Gasteiger partial charge in [-0.25, -0.2) is 4.39 Å². The summed E-state index contributed by atoms with van der Waals surface area (Å²) in [7, 11) is 0. The highest BCUT2D eigenvalue weighted by atomic mass is 19.1. The molecule has 0 spiro atoms. The highest BCUT2D eigenvalue weighted by Crippen LogP contribution is 2.12. The third-order valence-corrected chi connectivity index (χ3v) is 4.46. The van der Waals surface area contributed by atoms with Gasteiger partial charge in [0.15, 0.2) is 18.1 Å². The first-order valence-electron chi connectivity index (χ1n) is 9.99. The Labute approximate surface area is 179 Å². The van der Waals surface area contributed by atoms with E-state index in [-0.39, 0.29) is 37.1 Å². The van der Waals surface area contributed by atoms with Gasteiger partial charge in [-0.2, -0.15) is 0 Å². The molecular formula is C23H24FN3O4. The molecule has 0 aliphatic carbocycles. The smallest absolute Gasteiger partial charge is 0.273 e. The van der Waals surface area contributed by atoms with Crippen molar-refractivity contribution in [1.82, 2.24) is 15.4 Å². The first-order chi connectivity index (χ1) is 15.0. The minimum absolute atomic E-state index is 0.0941. The van der Waals surface area contributed by atoms with E-state index in [2.05, 4.69) is 10.5 Å². The zero-order valence-electron chi connectivity index (χ0n) is 17.2. The van der Waals surface area contributed by atoms with Crippen LogP contribution in [0.25, 0.3) is 0 Å². The van der Waals surface area contributed by atoms with Crippen LogP contribution in [0.5, 0.6) is 5.75 Å². The van der Waals surface area contributed by atoms with E-state index in [1.54, 1.807) is 29.2 Å². The Kier molecular flexibility index (Phi) is 7.75. The van der Waals surface area contributed by atoms with Gasteiger partial charge < -0.3 is 19.5 Å². The van der Waals surface area contributed by atoms with Crippen molar-refractivity contribution in [1.29, 1.82) is 0 Å². The fourth-order valence-electron chi connectivity index (χ4n) is 2.87. The highest BCUT2D eigenvalue weighted by molar-refractivity contribution is 5.92. The molecule has 0 saturated heterocycles. The number of nitrogens with zero attached hydrogens (tertiary/aromatic N) is 2. The highest BCUT2D eigenvalue weighted by Gasteiger charge is 2.18. The molecule has 0 saturated carbocycles. The zero-order chi connectivity index (χ0) is 22.1. The van der Waals surface area contributed by atoms with Crippen molar-refractivity contribution in [2.75, 3.05) is 13.2 Å². The lowest BCUT2D eigenvalue weighted by Crippen LogP contribution is -2.35. The minimum atomic E-state index is -0.417. The molecule has 8 heteroatoms. The number of ether oxygens (including phenoxy) is 1. The van der Waals surface area contributed by atoms with Gasteiger partial charge in [0.1, 0.15) is 11.6 Å². The molecular weight excluding hydrogens is 401 g/mol. The van der Waals surface area contributed by atoms with E-state index < -0.39 is 5.91 Å². The average molecular weight is 425 g/mol. The predicted molar refractivity (Wildman–Crippen MR) is 112 cm³/mol. The molecule has 2 amide bonds. The van der Waals surface area contributed by atoms with Gasteiger partial charge in [0.2, 0.25) is 0 Å². The molecule has 0 atom stereocenters. The van der Waals surface area contributed by atoms with E-state index >= 15 is 0 Å². The molecule has 162 valence electrons. The van der Waals surface area contributed by atoms with E-state index in [0.29, 0.717) is 18.1 Å². The van der Waals surface area contributed by atoms with Crippen LogP contribution in [0, 0.1) is 5.82 Å². The molecule has 0 aliphatic heterocycles. The second-order valence-corrected chi connectivity index (χ2v) is 6.90. The summed E-state index contributed by atoms with van der Waals surface area (Å²) in [6.07, 6.45) is 0.760. The Balaban J connectivity index is 1.54. The molecule has 1 heterocycles. The van der Waals surface area contributed by atoms with E-state index in [9.17, 15) is 14.0 Å². The maximum Gasteiger partial charge on any atom is 0.273 e. The first-order valence-corrected chi connectivity index (χ1v) is 9.99. The van der Waals surface area contributed by atoms with Gasteiger partial charge in [-0.15, -0.1) is 0 Å². The van der Waals surface area contributed by atoms with Gasteiger partial charge in [-0.05, 0) is 36.2 Å². The molecule has 1 N–H and O–H groups in total. The van der Waals surface area contributed by atoms with Gasteiger partial charge in [0.25, 0.3) is 11.8 Å². The molecule has 1 aromatic heterocycles. The quantitative estimate of drug-likeness (QED) is 0.537. The van der Waals surface area contributed by atoms with Crippen LogP contribution in [0.3, 0.4) is 0 Å². The van der Waals surface area contributed by atoms with Gasteiger partial charge in [0, 0.05) is 19.2 Å². The van der Waals surface area contributed by atoms with E-state index in [1.807, 2.05) is 25.1 Å². The second kappa shape index (κ2) is 10.9. The summed E-state index contributed by atoms with van der Waals surface area (Å²) in [5, 5.41) is 6.50. The number of halogens is 1. The van der Waals surface area contributed by atoms with Crippen molar-refractivity contribution in [2.45, 2.75) is 26.4 Å². The number of aromatic nitrogens is 1. The Bertz CT molecular complexity index is 990. The SMILES string of the molecule is CCCN(Cc1cc(C(=O)NCc2ccc(F)cc2)no1)C(=O)COc1ccccc1. The van der Waals surface area contributed by atoms with Gasteiger partial charge in [0.05, 0.1) is 6.54 Å². The van der Waals surface area contributed by atoms with Crippen LogP contribution in [0.4, 0.5) is 4.39 Å². The van der Waals surface area contributed by atoms with Crippen molar-refractivity contribution in [3.05, 3.63) is 83.5 Å². The zero-order valence-corrected chi connectivity index (χ0v) is 17.2. The molecule has 0 aliphatic rings. The van der Waals surface area contributed by atoms with Crippen LogP contribution in [0.15, 0.2) is 65.2 Å². The van der Waals surface area contributed by atoms with Crippen LogP contribution in [0.2, 0.25) is 0 Å². The Morgan fingerprint density at radius 1 is 1.13 bits per heavy atom. The topological polar surface area (TPSA) is 84.7 Å². The number of carbonyl (C=O) groups is 2. The van der Waals surface area contributed by atoms with Crippen LogP contribution in [-0.4, -0.2) is 35.0 Å². The number of carbonyl (C=O) groups excluding carboxylic acids is 2. The molecule has 2 aromatic carbocycles. The Morgan fingerprint density at radius 3 is 2.58 bits per heavy atom. The lowest BCUT2D eigenvalue weighted by Gasteiger charge is -2.20. The lowest BCUT2D eigenvalue weighted by molar-refractivity contribution is -0.134. The minimum Gasteiger partial charge on any atom is -0.484 e. The summed E-state index contributed by atoms with van der Waals surface area (Å²) in [5.41, 5.74) is 0.873. The monoisotopic (exact) mass is 425 g/mol. The molecule has 0 unspecified atom stereocenters. The van der Waals surface area contributed by atoms with Crippen molar-refractivity contribution in [3.8, 4) is 5.75 Å². The van der Waals surface area contributed by atoms with Crippen molar-refractivity contribution < 1.29 is 23.2 Å². The summed E-state index contributed by atoms with van der Waals surface area (Å²) in [5.74, 6) is 0.0709. The van der Waals surface area contributed by atoms with Gasteiger partial charge in [-0.1, -0.05) is 42.4 Å². The molecule has 7 nitrogen and oxygen atoms in total. The number of hydrogen-bond acceptors (Lipinski definition) is 5. The summed E-state index contributed by atoms with van der Waals surface area (Å²) in [6, 6.07) is 16.5. The fourth-order valence-corrected chi connectivity index (χ4v) is 2.87. The van der Waals surface area contributed by atoms with Crippen LogP contribution < -0.4 is 10.1 Å². The molecule has 0 fully saturated rings. The number of hydrogen-bond donors (Lipinski definition) is 1. The van der Waals surface area contributed by atoms with Gasteiger partial charge in [-0.3, -0.25) is 9.59 Å². The maximum atomic E-state index is 13.0. The largest absolute Gasteiger partial charge is 0.484 e. The summed E-state index contributed by atoms with van der Waals surface area (Å²) in [4.78, 5) is 26.5. The maximum absolute atomic E-state index is 13.0. The van der Waals surface area contributed by atoms with E-state index in [0.717, 1.165) is 12.0 Å². The Hall–Kier alpha value is -3.68. The predicted octanol–water partition coefficient (Wildman–Crippen LogP) is 3.56. The van der Waals surface area contributed by atoms with Crippen molar-refractivity contribution in [3.63, 3.8) is 0 Å². The summed E-state index contributed by atoms with van der Waals surface area (Å²) < 4.78 is 23.7. The van der Waals surface area contributed by atoms with Crippen LogP contribution in [0.1, 0.15) is 35.2 Å². The number of amides is 2. The normalized spacial score (nSPS) is 10.5. The van der Waals surface area contributed by atoms with Crippen LogP contribution in [-0.2, 0) is 17.9 Å². The number of nitrogens with one attached hydrogen (secondary N) is 1. The fraction of sp³-hybridized carbons (Fsp3) is 0.261. The lowest BCUT2D eigenvalue weighted by atomic mass is 10.2. The second-order valence-electron chi connectivity index (χ2n) is 6.90. The number of benzene rings is 2. The molecule has 0 bridgehead atoms. The number of para-hydroxylation sites is 1. The Morgan fingerprint density at radius 2 is 1.87 bits per heavy atom. The first kappa shape index (κ1) is 22.0. The number of rotatable bonds is 10. The van der Waals surface area contributed by atoms with Crippen molar-refractivity contribution >= 4 is 11.8 Å². The van der Waals surface area contributed by atoms with Crippen molar-refractivity contribution in [2.24, 2.45) is 0 Å². The molecule has 3 aromatic rings. The van der Waals surface area contributed by atoms with E-state index in [4.69, 9.17) is 9.26 Å². The molecule has 0 radical (unpaired) electrons. The third kappa shape index (κ3) is 6.67. The van der Waals surface area contributed by atoms with Crippen LogP contribution >= 0.6 is 0 Å².